The molecular weight excluding hydrogens is 171 g/mol. The molecule has 2 nitrogen and oxygen atoms in total. The van der Waals surface area contributed by atoms with E-state index in [1.807, 2.05) is 8.17 Å². The molecule has 3 heteroatoms. The van der Waals surface area contributed by atoms with E-state index < -0.39 is 21.1 Å². The monoisotopic (exact) mass is 172 g/mol. The molecule has 0 spiro atoms. The molecule has 0 saturated heterocycles. The standard InChI is InChI=1S/2CN.Sn/c2*1-2;. The number of nitrogens with zero attached hydrogens (tertiary/aromatic N) is 2. The predicted octanol–water partition coefficient (Wildman–Crippen LogP) is -0.347. The quantitative estimate of drug-likeness (QED) is 0.467. The molecule has 5 heavy (non-hydrogen) atoms. The molecule has 0 fully saturated rings. The van der Waals surface area contributed by atoms with Gasteiger partial charge in [0.1, 0.15) is 0 Å². The fourth-order valence-electron chi connectivity index (χ4n) is 0.0250. The first kappa shape index (κ1) is 4.78. The maximum absolute atomic E-state index is 7.67. The first-order valence-corrected chi connectivity index (χ1v) is 3.80. The van der Waals surface area contributed by atoms with Crippen LogP contribution in [0.4, 0.5) is 0 Å². The molecule has 0 N–H and O–H groups in total. The van der Waals surface area contributed by atoms with Gasteiger partial charge >= 0.3 is 39.8 Å². The van der Waals surface area contributed by atoms with Crippen molar-refractivity contribution in [3.8, 4) is 8.17 Å². The fraction of sp³-hybridized carbons (Fsp3) is 0. The minimum absolute atomic E-state index is 1.17. The Bertz CT molecular complexity index is 72.8. The van der Waals surface area contributed by atoms with Crippen LogP contribution >= 0.6 is 0 Å². The molecule has 0 aliphatic heterocycles. The van der Waals surface area contributed by atoms with Crippen LogP contribution in [-0.2, 0) is 0 Å². The van der Waals surface area contributed by atoms with Gasteiger partial charge in [-0.3, -0.25) is 0 Å². The van der Waals surface area contributed by atoms with Gasteiger partial charge in [0.05, 0.1) is 0 Å². The Labute approximate surface area is 40.2 Å². The first-order valence-electron chi connectivity index (χ1n) is 0.947. The summed E-state index contributed by atoms with van der Waals surface area (Å²) in [6.45, 7) is 0. The van der Waals surface area contributed by atoms with E-state index in [0.717, 1.165) is 0 Å². The first-order chi connectivity index (χ1) is 2.41. The zero-order chi connectivity index (χ0) is 4.12. The molecule has 0 aliphatic carbocycles. The van der Waals surface area contributed by atoms with E-state index in [-0.39, 0.29) is 0 Å². The third-order valence-electron chi connectivity index (χ3n) is 0.112. The summed E-state index contributed by atoms with van der Waals surface area (Å²) in [5.41, 5.74) is 0. The normalized spacial score (nSPS) is 4.40. The van der Waals surface area contributed by atoms with Crippen molar-refractivity contribution >= 4 is 21.1 Å². The molecule has 0 aromatic carbocycles. The van der Waals surface area contributed by atoms with Gasteiger partial charge < -0.3 is 0 Å². The van der Waals surface area contributed by atoms with Crippen LogP contribution in [-0.4, -0.2) is 21.1 Å². The van der Waals surface area contributed by atoms with Crippen LogP contribution in [0.15, 0.2) is 0 Å². The Hall–Kier alpha value is -0.221. The van der Waals surface area contributed by atoms with E-state index in [1.54, 1.807) is 0 Å². The van der Waals surface area contributed by atoms with Crippen LogP contribution in [0.3, 0.4) is 0 Å². The SMILES string of the molecule is N#[C][Sn][C]#N. The molecule has 0 aliphatic rings. The Kier molecular flexibility index (Phi) is 3.61. The molecule has 0 aromatic rings. The number of rotatable bonds is 0. The van der Waals surface area contributed by atoms with Crippen molar-refractivity contribution in [1.29, 1.82) is 10.5 Å². The van der Waals surface area contributed by atoms with Crippen LogP contribution in [0.5, 0.6) is 0 Å². The predicted molar refractivity (Wildman–Crippen MR) is 17.0 cm³/mol. The van der Waals surface area contributed by atoms with Crippen molar-refractivity contribution < 1.29 is 0 Å². The van der Waals surface area contributed by atoms with Gasteiger partial charge in [-0.2, -0.15) is 0 Å². The topological polar surface area (TPSA) is 47.6 Å². The zero-order valence-electron chi connectivity index (χ0n) is 2.39. The van der Waals surface area contributed by atoms with E-state index in [4.69, 9.17) is 10.5 Å². The average molecular weight is 171 g/mol. The Morgan fingerprint density at radius 2 is 1.60 bits per heavy atom. The van der Waals surface area contributed by atoms with Crippen LogP contribution in [0, 0.1) is 18.7 Å². The van der Waals surface area contributed by atoms with Crippen molar-refractivity contribution in [3.05, 3.63) is 0 Å². The third-order valence-corrected chi connectivity index (χ3v) is 0.750. The van der Waals surface area contributed by atoms with Gasteiger partial charge in [0.15, 0.2) is 0 Å². The summed E-state index contributed by atoms with van der Waals surface area (Å²) in [7, 11) is 0. The number of hydrogen-bond donors (Lipinski definition) is 0. The molecule has 0 bridgehead atoms. The summed E-state index contributed by atoms with van der Waals surface area (Å²) in [6.07, 6.45) is 0. The van der Waals surface area contributed by atoms with Crippen molar-refractivity contribution in [3.63, 3.8) is 0 Å². The minimum atomic E-state index is -1.17. The molecule has 0 heterocycles. The summed E-state index contributed by atoms with van der Waals surface area (Å²) in [5, 5.41) is 15.3. The van der Waals surface area contributed by atoms with Crippen LogP contribution in [0.1, 0.15) is 0 Å². The van der Waals surface area contributed by atoms with Gasteiger partial charge in [0.25, 0.3) is 0 Å². The summed E-state index contributed by atoms with van der Waals surface area (Å²) in [4.78, 5) is 0. The van der Waals surface area contributed by atoms with Crippen LogP contribution in [0.2, 0.25) is 0 Å². The Morgan fingerprint density at radius 3 is 1.60 bits per heavy atom. The van der Waals surface area contributed by atoms with E-state index in [2.05, 4.69) is 0 Å². The zero-order valence-corrected chi connectivity index (χ0v) is 5.25. The summed E-state index contributed by atoms with van der Waals surface area (Å²) >= 11 is -1.17. The summed E-state index contributed by atoms with van der Waals surface area (Å²) in [6, 6.07) is 0. The van der Waals surface area contributed by atoms with E-state index in [0.29, 0.717) is 0 Å². The second-order valence-corrected chi connectivity index (χ2v) is 2.34. The van der Waals surface area contributed by atoms with Gasteiger partial charge in [-0.25, -0.2) is 0 Å². The van der Waals surface area contributed by atoms with Gasteiger partial charge in [-0.15, -0.1) is 0 Å². The van der Waals surface area contributed by atoms with Crippen LogP contribution in [0.25, 0.3) is 0 Å². The number of nitriles is 2. The fourth-order valence-corrected chi connectivity index (χ4v) is 0.168. The molecule has 0 aromatic heterocycles. The molecule has 0 rings (SSSR count). The third kappa shape index (κ3) is 3.78. The Balaban J connectivity index is 2.86. The van der Waals surface area contributed by atoms with Gasteiger partial charge in [0.2, 0.25) is 0 Å². The average Bonchev–Trinajstić information content (AvgIpc) is 1.41. The molecule has 0 saturated carbocycles. The van der Waals surface area contributed by atoms with Gasteiger partial charge in [-0.1, -0.05) is 0 Å². The van der Waals surface area contributed by atoms with Crippen molar-refractivity contribution in [1.82, 2.24) is 0 Å². The van der Waals surface area contributed by atoms with Crippen molar-refractivity contribution in [2.75, 3.05) is 0 Å². The molecule has 0 atom stereocenters. The van der Waals surface area contributed by atoms with Gasteiger partial charge in [0, 0.05) is 0 Å². The van der Waals surface area contributed by atoms with E-state index >= 15 is 0 Å². The van der Waals surface area contributed by atoms with E-state index in [1.165, 1.54) is 0 Å². The number of hydrogen-bond acceptors (Lipinski definition) is 2. The maximum atomic E-state index is 7.67. The summed E-state index contributed by atoms with van der Waals surface area (Å²) < 4.78 is 3.65. The van der Waals surface area contributed by atoms with E-state index in [9.17, 15) is 0 Å². The van der Waals surface area contributed by atoms with Gasteiger partial charge in [-0.05, 0) is 0 Å². The molecule has 0 unspecified atom stereocenters. The molecule has 2 radical (unpaired) electrons. The second-order valence-electron chi connectivity index (χ2n) is 0.349. The Morgan fingerprint density at radius 1 is 1.20 bits per heavy atom. The molecular formula is C2N2Sn. The second kappa shape index (κ2) is 3.78. The van der Waals surface area contributed by atoms with Crippen molar-refractivity contribution in [2.24, 2.45) is 0 Å². The van der Waals surface area contributed by atoms with Crippen molar-refractivity contribution in [2.45, 2.75) is 0 Å². The molecule has 0 amide bonds. The summed E-state index contributed by atoms with van der Waals surface area (Å²) in [5.74, 6) is 0. The van der Waals surface area contributed by atoms with Crippen LogP contribution < -0.4 is 0 Å². The molecule has 22 valence electrons.